The van der Waals surface area contributed by atoms with Crippen molar-refractivity contribution in [1.82, 2.24) is 18.8 Å². The second-order valence-corrected chi connectivity index (χ2v) is 10.9. The van der Waals surface area contributed by atoms with Crippen LogP contribution >= 0.6 is 0 Å². The zero-order valence-corrected chi connectivity index (χ0v) is 20.3. The summed E-state index contributed by atoms with van der Waals surface area (Å²) in [5, 5.41) is 3.64. The Balaban J connectivity index is 1.52. The van der Waals surface area contributed by atoms with Crippen molar-refractivity contribution in [1.29, 1.82) is 0 Å². The number of rotatable bonds is 6. The van der Waals surface area contributed by atoms with Gasteiger partial charge in [0.05, 0.1) is 24.2 Å². The van der Waals surface area contributed by atoms with E-state index in [-0.39, 0.29) is 31.1 Å². The number of aryl methyl sites for hydroxylation is 1. The Labute approximate surface area is 206 Å². The summed E-state index contributed by atoms with van der Waals surface area (Å²) in [6, 6.07) is 3.41. The van der Waals surface area contributed by atoms with Crippen molar-refractivity contribution in [2.24, 2.45) is 7.05 Å². The van der Waals surface area contributed by atoms with Gasteiger partial charge in [-0.05, 0) is 41.7 Å². The number of nitrogens with zero attached hydrogens (tertiary/aromatic N) is 4. The fourth-order valence-electron chi connectivity index (χ4n) is 4.75. The summed E-state index contributed by atoms with van der Waals surface area (Å²) < 4.78 is 71.2. The molecule has 1 unspecified atom stereocenters. The maximum Gasteiger partial charge on any atom is 0.396 e. The predicted molar refractivity (Wildman–Crippen MR) is 131 cm³/mol. The van der Waals surface area contributed by atoms with E-state index in [0.717, 1.165) is 42.1 Å². The first-order valence-electron chi connectivity index (χ1n) is 11.7. The maximum absolute atomic E-state index is 15.5. The van der Waals surface area contributed by atoms with Crippen molar-refractivity contribution in [3.63, 3.8) is 0 Å². The number of hydrogen-bond donors (Lipinski definition) is 3. The van der Waals surface area contributed by atoms with E-state index in [1.807, 2.05) is 0 Å². The smallest absolute Gasteiger partial charge is 0.351 e. The van der Waals surface area contributed by atoms with Crippen LogP contribution in [0.15, 0.2) is 29.2 Å². The quantitative estimate of drug-likeness (QED) is 0.423. The van der Waals surface area contributed by atoms with Gasteiger partial charge in [-0.15, -0.1) is 4.55 Å². The molecule has 0 radical (unpaired) electrons. The van der Waals surface area contributed by atoms with Crippen molar-refractivity contribution < 1.29 is 21.9 Å². The third kappa shape index (κ3) is 4.58. The molecule has 1 aromatic carbocycles. The fraction of sp³-hybridized carbons (Fsp3) is 0.435. The van der Waals surface area contributed by atoms with Crippen LogP contribution in [0.4, 0.5) is 24.8 Å². The molecule has 1 saturated carbocycles. The van der Waals surface area contributed by atoms with Crippen molar-refractivity contribution in [3.8, 4) is 11.1 Å². The third-order valence-corrected chi connectivity index (χ3v) is 8.20. The van der Waals surface area contributed by atoms with Gasteiger partial charge in [-0.3, -0.25) is 9.36 Å². The Morgan fingerprint density at radius 1 is 1.19 bits per heavy atom. The van der Waals surface area contributed by atoms with Gasteiger partial charge in [-0.2, -0.15) is 9.71 Å². The second-order valence-electron chi connectivity index (χ2n) is 9.18. The van der Waals surface area contributed by atoms with Crippen LogP contribution < -0.4 is 15.6 Å². The van der Waals surface area contributed by atoms with E-state index in [1.165, 1.54) is 23.9 Å². The molecule has 1 aliphatic heterocycles. The predicted octanol–water partition coefficient (Wildman–Crippen LogP) is 3.89. The van der Waals surface area contributed by atoms with Crippen LogP contribution in [-0.4, -0.2) is 48.7 Å². The molecule has 2 fully saturated rings. The molecule has 3 heterocycles. The van der Waals surface area contributed by atoms with Crippen LogP contribution in [0.5, 0.6) is 0 Å². The first kappa shape index (κ1) is 24.7. The van der Waals surface area contributed by atoms with Gasteiger partial charge >= 0.3 is 10.6 Å². The van der Waals surface area contributed by atoms with Crippen molar-refractivity contribution in [2.75, 3.05) is 23.1 Å². The Hall–Kier alpha value is -3.03. The molecule has 9 nitrogen and oxygen atoms in total. The number of anilines is 2. The molecular formula is C23H26F3N6O3S+. The van der Waals surface area contributed by atoms with Gasteiger partial charge in [0, 0.05) is 24.7 Å². The molecule has 0 spiro atoms. The van der Waals surface area contributed by atoms with Crippen molar-refractivity contribution >= 4 is 33.3 Å². The lowest BCUT2D eigenvalue weighted by molar-refractivity contribution is 0.335. The molecule has 3 N–H and O–H groups in total. The molecule has 0 amide bonds. The van der Waals surface area contributed by atoms with E-state index in [9.17, 15) is 22.3 Å². The maximum atomic E-state index is 15.5. The van der Waals surface area contributed by atoms with Crippen molar-refractivity contribution in [2.45, 2.75) is 44.3 Å². The summed E-state index contributed by atoms with van der Waals surface area (Å²) in [5.74, 6) is -1.87. The number of aromatic nitrogens is 3. The Morgan fingerprint density at radius 2 is 1.94 bits per heavy atom. The average molecular weight is 524 g/mol. The molecule has 0 bridgehead atoms. The van der Waals surface area contributed by atoms with Crippen LogP contribution in [0.1, 0.15) is 32.1 Å². The average Bonchev–Trinajstić information content (AvgIpc) is 3.51. The van der Waals surface area contributed by atoms with Crippen LogP contribution in [0.2, 0.25) is 0 Å². The highest BCUT2D eigenvalue weighted by Gasteiger charge is 2.42. The lowest BCUT2D eigenvalue weighted by Gasteiger charge is -2.16. The minimum atomic E-state index is -4.03. The number of fused-ring (bicyclic) bond motifs is 1. The highest BCUT2D eigenvalue weighted by Crippen LogP contribution is 2.32. The van der Waals surface area contributed by atoms with Crippen LogP contribution in [0, 0.1) is 11.6 Å². The summed E-state index contributed by atoms with van der Waals surface area (Å²) in [4.78, 5) is 21.9. The van der Waals surface area contributed by atoms with Gasteiger partial charge in [-0.1, -0.05) is 17.1 Å². The topological polar surface area (TPSA) is 112 Å². The number of nitrogens with one attached hydrogen (secondary N) is 2. The lowest BCUT2D eigenvalue weighted by atomic mass is 10.0. The number of alkyl halides is 1. The van der Waals surface area contributed by atoms with Crippen LogP contribution in [0.25, 0.3) is 22.2 Å². The van der Waals surface area contributed by atoms with E-state index in [0.29, 0.717) is 17.0 Å². The molecule has 1 aliphatic carbocycles. The van der Waals surface area contributed by atoms with Gasteiger partial charge in [0.15, 0.2) is 5.82 Å². The molecule has 192 valence electrons. The molecule has 13 heteroatoms. The molecule has 2 atom stereocenters. The van der Waals surface area contributed by atoms with Crippen LogP contribution in [0.3, 0.4) is 0 Å². The SMILES string of the molecule is Cn1c(=O)c(-c2c(F)ccc(N[S+](=O)(O)N3CC[C@@H](F)C3)c2F)cc2cnc(NC3CCCC3)nc21. The zero-order valence-electron chi connectivity index (χ0n) is 19.5. The molecular weight excluding hydrogens is 497 g/mol. The normalized spacial score (nSPS) is 20.6. The summed E-state index contributed by atoms with van der Waals surface area (Å²) in [6.45, 7) is -0.289. The Morgan fingerprint density at radius 3 is 2.64 bits per heavy atom. The van der Waals surface area contributed by atoms with E-state index in [2.05, 4.69) is 20.0 Å². The Kier molecular flexibility index (Phi) is 6.47. The van der Waals surface area contributed by atoms with Gasteiger partial charge in [0.1, 0.15) is 23.3 Å². The molecule has 36 heavy (non-hydrogen) atoms. The summed E-state index contributed by atoms with van der Waals surface area (Å²) in [6.07, 6.45) is 4.54. The number of halogens is 3. The van der Waals surface area contributed by atoms with Crippen molar-refractivity contribution in [3.05, 3.63) is 46.4 Å². The van der Waals surface area contributed by atoms with E-state index < -0.39 is 45.2 Å². The molecule has 3 aromatic rings. The van der Waals surface area contributed by atoms with Gasteiger partial charge in [0.25, 0.3) is 5.56 Å². The summed E-state index contributed by atoms with van der Waals surface area (Å²) >= 11 is 0. The largest absolute Gasteiger partial charge is 0.396 e. The van der Waals surface area contributed by atoms with E-state index in [1.54, 1.807) is 0 Å². The van der Waals surface area contributed by atoms with Crippen LogP contribution in [-0.2, 0) is 21.8 Å². The highest BCUT2D eigenvalue weighted by atomic mass is 32.3. The van der Waals surface area contributed by atoms with Gasteiger partial charge in [0.2, 0.25) is 5.95 Å². The number of benzene rings is 1. The second kappa shape index (κ2) is 9.45. The highest BCUT2D eigenvalue weighted by molar-refractivity contribution is 7.96. The molecule has 1 saturated heterocycles. The minimum Gasteiger partial charge on any atom is -0.351 e. The fourth-order valence-corrected chi connectivity index (χ4v) is 6.04. The van der Waals surface area contributed by atoms with E-state index in [4.69, 9.17) is 0 Å². The monoisotopic (exact) mass is 523 g/mol. The molecule has 2 aromatic heterocycles. The first-order valence-corrected chi connectivity index (χ1v) is 13.2. The number of pyridine rings is 1. The van der Waals surface area contributed by atoms with E-state index >= 15 is 4.39 Å². The third-order valence-electron chi connectivity index (χ3n) is 6.68. The van der Waals surface area contributed by atoms with Gasteiger partial charge in [-0.25, -0.2) is 18.2 Å². The molecule has 5 rings (SSSR count). The minimum absolute atomic E-state index is 0.00196. The number of hydrogen-bond acceptors (Lipinski definition) is 5. The Bertz CT molecular complexity index is 1430. The zero-order chi connectivity index (χ0) is 25.6. The first-order chi connectivity index (χ1) is 17.1. The standard InChI is InChI=1S/C23H25F3N6O3S/c1-31-21-13(11-27-23(29-21)28-15-4-2-3-5-15)10-16(22(31)33)19-17(25)6-7-18(20(19)26)30-36(34,35)32-9-8-14(24)12-32/h6-7,10-11,14-15H,2-5,8-9,12H2,1H3,(H2-,27,28,29,30,33,34,35)/p+1/t14-/m1/s1. The summed E-state index contributed by atoms with van der Waals surface area (Å²) in [5.41, 5.74) is -1.85. The molecule has 2 aliphatic rings. The van der Waals surface area contributed by atoms with Gasteiger partial charge < -0.3 is 5.32 Å². The summed E-state index contributed by atoms with van der Waals surface area (Å²) in [7, 11) is -2.58. The lowest BCUT2D eigenvalue weighted by Crippen LogP contribution is -2.40.